The smallest absolute Gasteiger partial charge is 0.236 e. The van der Waals surface area contributed by atoms with Gasteiger partial charge >= 0.3 is 0 Å². The maximum atomic E-state index is 12.3. The zero-order chi connectivity index (χ0) is 20.9. The summed E-state index contributed by atoms with van der Waals surface area (Å²) >= 11 is 4.59. The van der Waals surface area contributed by atoms with Crippen LogP contribution in [-0.4, -0.2) is 35.8 Å². The zero-order valence-corrected chi connectivity index (χ0v) is 18.8. The van der Waals surface area contributed by atoms with Gasteiger partial charge in [-0.3, -0.25) is 4.79 Å². The Morgan fingerprint density at radius 3 is 2.80 bits per heavy atom. The summed E-state index contributed by atoms with van der Waals surface area (Å²) in [5.74, 6) is 2.35. The monoisotopic (exact) mass is 457 g/mol. The van der Waals surface area contributed by atoms with Crippen LogP contribution in [0.1, 0.15) is 5.01 Å². The summed E-state index contributed by atoms with van der Waals surface area (Å²) in [4.78, 5) is 21.4. The van der Waals surface area contributed by atoms with E-state index in [-0.39, 0.29) is 5.91 Å². The van der Waals surface area contributed by atoms with Gasteiger partial charge in [0.05, 0.1) is 35.9 Å². The maximum absolute atomic E-state index is 12.3. The molecule has 6 nitrogen and oxygen atoms in total. The van der Waals surface area contributed by atoms with Crippen LogP contribution in [-0.2, 0) is 10.5 Å². The number of carbonyl (C=O) groups is 1. The molecular weight excluding hydrogens is 438 g/mol. The molecule has 1 N–H and O–H groups in total. The summed E-state index contributed by atoms with van der Waals surface area (Å²) in [5, 5.41) is 6.36. The number of benzene rings is 2. The van der Waals surface area contributed by atoms with Gasteiger partial charge < -0.3 is 14.8 Å². The molecule has 0 radical (unpaired) electrons. The van der Waals surface area contributed by atoms with Gasteiger partial charge in [-0.1, -0.05) is 12.1 Å². The maximum Gasteiger partial charge on any atom is 0.236 e. The van der Waals surface area contributed by atoms with Crippen LogP contribution in [0.4, 0.5) is 5.13 Å². The second-order valence-corrected chi connectivity index (χ2v) is 9.18. The summed E-state index contributed by atoms with van der Waals surface area (Å²) < 4.78 is 11.8. The lowest BCUT2D eigenvalue weighted by atomic mass is 10.1. The number of rotatable bonds is 8. The highest BCUT2D eigenvalue weighted by Gasteiger charge is 2.13. The summed E-state index contributed by atoms with van der Waals surface area (Å²) in [5.41, 5.74) is 2.60. The van der Waals surface area contributed by atoms with Gasteiger partial charge in [0.15, 0.2) is 5.13 Å². The van der Waals surface area contributed by atoms with Crippen molar-refractivity contribution in [1.29, 1.82) is 0 Å². The third-order valence-electron chi connectivity index (χ3n) is 4.23. The molecule has 0 fully saturated rings. The van der Waals surface area contributed by atoms with Crippen molar-refractivity contribution in [2.75, 3.05) is 25.3 Å². The molecule has 0 aliphatic heterocycles. The second kappa shape index (κ2) is 9.46. The molecule has 0 atom stereocenters. The SMILES string of the molecule is COc1ccc(-c2csc(NC(=O)CSCc3nc4ccccc4s3)n2)c(OC)c1. The number of thioether (sulfide) groups is 1. The highest BCUT2D eigenvalue weighted by molar-refractivity contribution is 7.99. The van der Waals surface area contributed by atoms with Gasteiger partial charge in [0, 0.05) is 22.8 Å². The average molecular weight is 458 g/mol. The minimum Gasteiger partial charge on any atom is -0.497 e. The highest BCUT2D eigenvalue weighted by atomic mass is 32.2. The largest absolute Gasteiger partial charge is 0.497 e. The van der Waals surface area contributed by atoms with Gasteiger partial charge in [-0.15, -0.1) is 34.4 Å². The van der Waals surface area contributed by atoms with E-state index < -0.39 is 0 Å². The number of fused-ring (bicyclic) bond motifs is 1. The number of aromatic nitrogens is 2. The van der Waals surface area contributed by atoms with E-state index in [1.165, 1.54) is 16.0 Å². The van der Waals surface area contributed by atoms with Crippen LogP contribution in [0.25, 0.3) is 21.5 Å². The Kier molecular flexibility index (Phi) is 6.51. The van der Waals surface area contributed by atoms with Gasteiger partial charge in [0.25, 0.3) is 0 Å². The first kappa shape index (κ1) is 20.6. The summed E-state index contributed by atoms with van der Waals surface area (Å²) in [7, 11) is 3.22. The molecule has 0 aliphatic carbocycles. The second-order valence-electron chi connectivity index (χ2n) is 6.22. The van der Waals surface area contributed by atoms with E-state index in [9.17, 15) is 4.79 Å². The summed E-state index contributed by atoms with van der Waals surface area (Å²) in [6, 6.07) is 13.6. The molecule has 1 amide bonds. The number of thiazole rings is 2. The zero-order valence-electron chi connectivity index (χ0n) is 16.4. The molecule has 2 aromatic heterocycles. The minimum absolute atomic E-state index is 0.0799. The number of methoxy groups -OCH3 is 2. The Balaban J connectivity index is 1.33. The van der Waals surface area contributed by atoms with Crippen molar-refractivity contribution in [2.24, 2.45) is 0 Å². The summed E-state index contributed by atoms with van der Waals surface area (Å²) in [6.07, 6.45) is 0. The lowest BCUT2D eigenvalue weighted by molar-refractivity contribution is -0.113. The van der Waals surface area contributed by atoms with Gasteiger partial charge in [0.1, 0.15) is 16.5 Å². The fourth-order valence-electron chi connectivity index (χ4n) is 2.83. The van der Waals surface area contributed by atoms with E-state index in [1.54, 1.807) is 37.3 Å². The van der Waals surface area contributed by atoms with Crippen LogP contribution in [0.5, 0.6) is 11.5 Å². The number of para-hydroxylation sites is 1. The molecule has 0 aliphatic rings. The topological polar surface area (TPSA) is 73.3 Å². The van der Waals surface area contributed by atoms with Crippen LogP contribution in [0, 0.1) is 0 Å². The van der Waals surface area contributed by atoms with Crippen LogP contribution >= 0.6 is 34.4 Å². The fraction of sp³-hybridized carbons (Fsp3) is 0.190. The Bertz CT molecular complexity index is 1140. The van der Waals surface area contributed by atoms with Crippen molar-refractivity contribution >= 4 is 55.7 Å². The molecule has 0 saturated heterocycles. The van der Waals surface area contributed by atoms with Crippen LogP contribution in [0.15, 0.2) is 47.8 Å². The van der Waals surface area contributed by atoms with Gasteiger partial charge in [-0.25, -0.2) is 9.97 Å². The molecule has 2 aromatic carbocycles. The number of amides is 1. The predicted octanol–water partition coefficient (Wildman–Crippen LogP) is 5.31. The average Bonchev–Trinajstić information content (AvgIpc) is 3.39. The van der Waals surface area contributed by atoms with Crippen molar-refractivity contribution in [3.8, 4) is 22.8 Å². The third kappa shape index (κ3) is 4.75. The first-order valence-corrected chi connectivity index (χ1v) is 11.9. The molecule has 0 saturated carbocycles. The molecule has 4 aromatic rings. The Labute approximate surface area is 186 Å². The number of nitrogens with zero attached hydrogens (tertiary/aromatic N) is 2. The number of hydrogen-bond acceptors (Lipinski definition) is 8. The van der Waals surface area contributed by atoms with Crippen molar-refractivity contribution in [1.82, 2.24) is 9.97 Å². The van der Waals surface area contributed by atoms with Crippen LogP contribution in [0.2, 0.25) is 0 Å². The third-order valence-corrected chi connectivity index (χ3v) is 7.15. The quantitative estimate of drug-likeness (QED) is 0.387. The molecule has 154 valence electrons. The number of nitrogens with one attached hydrogen (secondary N) is 1. The molecule has 0 unspecified atom stereocenters. The summed E-state index contributed by atoms with van der Waals surface area (Å²) in [6.45, 7) is 0. The lowest BCUT2D eigenvalue weighted by Crippen LogP contribution is -2.13. The van der Waals surface area contributed by atoms with Gasteiger partial charge in [-0.2, -0.15) is 0 Å². The fourth-order valence-corrected chi connectivity index (χ4v) is 5.41. The lowest BCUT2D eigenvalue weighted by Gasteiger charge is -2.08. The predicted molar refractivity (Wildman–Crippen MR) is 125 cm³/mol. The van der Waals surface area contributed by atoms with Crippen molar-refractivity contribution < 1.29 is 14.3 Å². The molecule has 0 spiro atoms. The number of anilines is 1. The molecule has 2 heterocycles. The standard InChI is InChI=1S/C21H19N3O3S3/c1-26-13-7-8-14(17(9-13)27-2)16-10-29-21(23-16)24-19(25)11-28-12-20-22-15-5-3-4-6-18(15)30-20/h3-10H,11-12H2,1-2H3,(H,23,24,25). The molecule has 9 heteroatoms. The molecule has 4 rings (SSSR count). The van der Waals surface area contributed by atoms with Crippen molar-refractivity contribution in [2.45, 2.75) is 5.75 Å². The molecular formula is C21H19N3O3S3. The Hall–Kier alpha value is -2.62. The number of hydrogen-bond donors (Lipinski definition) is 1. The van der Waals surface area contributed by atoms with Crippen molar-refractivity contribution in [3.05, 3.63) is 52.9 Å². The number of carbonyl (C=O) groups excluding carboxylic acids is 1. The number of ether oxygens (including phenoxy) is 2. The van der Waals surface area contributed by atoms with Crippen LogP contribution < -0.4 is 14.8 Å². The van der Waals surface area contributed by atoms with E-state index in [0.29, 0.717) is 28.1 Å². The van der Waals surface area contributed by atoms with E-state index in [2.05, 4.69) is 21.4 Å². The van der Waals surface area contributed by atoms with Crippen molar-refractivity contribution in [3.63, 3.8) is 0 Å². The van der Waals surface area contributed by atoms with E-state index in [4.69, 9.17) is 9.47 Å². The molecule has 30 heavy (non-hydrogen) atoms. The van der Waals surface area contributed by atoms with E-state index in [1.807, 2.05) is 41.8 Å². The first-order valence-electron chi connectivity index (χ1n) is 9.06. The minimum atomic E-state index is -0.0799. The normalized spacial score (nSPS) is 10.9. The molecule has 0 bridgehead atoms. The highest BCUT2D eigenvalue weighted by Crippen LogP contribution is 2.35. The van der Waals surface area contributed by atoms with Gasteiger partial charge in [0.2, 0.25) is 5.91 Å². The van der Waals surface area contributed by atoms with E-state index >= 15 is 0 Å². The van der Waals surface area contributed by atoms with Gasteiger partial charge in [-0.05, 0) is 24.3 Å². The van der Waals surface area contributed by atoms with Crippen LogP contribution in [0.3, 0.4) is 0 Å². The first-order chi connectivity index (χ1) is 14.7. The van der Waals surface area contributed by atoms with E-state index in [0.717, 1.165) is 21.8 Å². The Morgan fingerprint density at radius 1 is 1.13 bits per heavy atom. The Morgan fingerprint density at radius 2 is 2.00 bits per heavy atom.